The highest BCUT2D eigenvalue weighted by Gasteiger charge is 2.25. The molecule has 0 saturated carbocycles. The minimum absolute atomic E-state index is 0.0477. The summed E-state index contributed by atoms with van der Waals surface area (Å²) < 4.78 is 26.7. The molecule has 0 aliphatic carbocycles. The van der Waals surface area contributed by atoms with Gasteiger partial charge < -0.3 is 10.2 Å². The van der Waals surface area contributed by atoms with Crippen molar-refractivity contribution in [3.8, 4) is 0 Å². The lowest BCUT2D eigenvalue weighted by molar-refractivity contribution is -0.117. The molecule has 1 aromatic carbocycles. The Kier molecular flexibility index (Phi) is 5.01. The SMILES string of the molecule is CSc1ccc(C(C)NC(=O)C2=CN3CCS(=O)(=O)N=C3C=C2)cc1. The van der Waals surface area contributed by atoms with Gasteiger partial charge in [-0.3, -0.25) is 4.79 Å². The van der Waals surface area contributed by atoms with Crippen molar-refractivity contribution in [2.75, 3.05) is 18.6 Å². The first-order valence-electron chi connectivity index (χ1n) is 7.82. The molecular weight excluding hydrogens is 358 g/mol. The summed E-state index contributed by atoms with van der Waals surface area (Å²) in [6.45, 7) is 2.23. The lowest BCUT2D eigenvalue weighted by atomic mass is 10.1. The van der Waals surface area contributed by atoms with Crippen LogP contribution in [0.1, 0.15) is 18.5 Å². The van der Waals surface area contributed by atoms with Crippen molar-refractivity contribution in [3.63, 3.8) is 0 Å². The topological polar surface area (TPSA) is 78.8 Å². The number of carbonyl (C=O) groups excluding carboxylic acids is 1. The van der Waals surface area contributed by atoms with Crippen LogP contribution in [0.5, 0.6) is 0 Å². The van der Waals surface area contributed by atoms with E-state index in [1.54, 1.807) is 35.0 Å². The van der Waals surface area contributed by atoms with Crippen LogP contribution in [-0.2, 0) is 14.8 Å². The largest absolute Gasteiger partial charge is 0.345 e. The predicted octanol–water partition coefficient (Wildman–Crippen LogP) is 2.08. The Balaban J connectivity index is 1.69. The molecule has 1 unspecified atom stereocenters. The van der Waals surface area contributed by atoms with Gasteiger partial charge in [0.2, 0.25) is 0 Å². The molecule has 0 aromatic heterocycles. The Morgan fingerprint density at radius 3 is 2.68 bits per heavy atom. The molecule has 0 bridgehead atoms. The van der Waals surface area contributed by atoms with E-state index in [0.29, 0.717) is 18.0 Å². The summed E-state index contributed by atoms with van der Waals surface area (Å²) in [5, 5.41) is 2.97. The molecule has 0 spiro atoms. The Hall–Kier alpha value is -2.06. The molecule has 0 fully saturated rings. The Morgan fingerprint density at radius 2 is 2.00 bits per heavy atom. The zero-order valence-electron chi connectivity index (χ0n) is 14.0. The number of fused-ring (bicyclic) bond motifs is 1. The van der Waals surface area contributed by atoms with Crippen molar-refractivity contribution in [1.82, 2.24) is 10.2 Å². The summed E-state index contributed by atoms with van der Waals surface area (Å²) in [6, 6.07) is 7.93. The van der Waals surface area contributed by atoms with Crippen molar-refractivity contribution in [3.05, 3.63) is 53.8 Å². The number of nitrogens with one attached hydrogen (secondary N) is 1. The van der Waals surface area contributed by atoms with Crippen molar-refractivity contribution in [1.29, 1.82) is 0 Å². The molecule has 1 amide bonds. The first kappa shape index (κ1) is 17.8. The van der Waals surface area contributed by atoms with E-state index >= 15 is 0 Å². The van der Waals surface area contributed by atoms with Crippen LogP contribution in [0.15, 0.2) is 57.5 Å². The summed E-state index contributed by atoms with van der Waals surface area (Å²) in [4.78, 5) is 15.3. The van der Waals surface area contributed by atoms with Gasteiger partial charge in [0.25, 0.3) is 15.9 Å². The number of sulfonamides is 1. The fraction of sp³-hybridized carbons (Fsp3) is 0.294. The predicted molar refractivity (Wildman–Crippen MR) is 99.9 cm³/mol. The van der Waals surface area contributed by atoms with E-state index in [4.69, 9.17) is 0 Å². The fourth-order valence-electron chi connectivity index (χ4n) is 2.59. The number of hydrogen-bond acceptors (Lipinski definition) is 5. The first-order valence-corrected chi connectivity index (χ1v) is 10.7. The van der Waals surface area contributed by atoms with E-state index < -0.39 is 10.0 Å². The van der Waals surface area contributed by atoms with Crippen molar-refractivity contribution in [2.45, 2.75) is 17.9 Å². The van der Waals surface area contributed by atoms with Crippen LogP contribution in [0.4, 0.5) is 0 Å². The van der Waals surface area contributed by atoms with Crippen molar-refractivity contribution >= 4 is 33.5 Å². The highest BCUT2D eigenvalue weighted by molar-refractivity contribution is 7.98. The second-order valence-corrected chi connectivity index (χ2v) is 8.45. The second kappa shape index (κ2) is 7.05. The number of amides is 1. The average Bonchev–Trinajstić information content (AvgIpc) is 2.60. The van der Waals surface area contributed by atoms with Gasteiger partial charge in [-0.1, -0.05) is 12.1 Å². The highest BCUT2D eigenvalue weighted by Crippen LogP contribution is 2.20. The van der Waals surface area contributed by atoms with E-state index in [1.165, 1.54) is 4.90 Å². The molecule has 2 aliphatic rings. The van der Waals surface area contributed by atoms with Crippen LogP contribution >= 0.6 is 11.8 Å². The van der Waals surface area contributed by atoms with Crippen LogP contribution in [-0.4, -0.2) is 43.6 Å². The van der Waals surface area contributed by atoms with Gasteiger partial charge in [0.15, 0.2) is 0 Å². The lowest BCUT2D eigenvalue weighted by Gasteiger charge is -2.27. The zero-order valence-corrected chi connectivity index (χ0v) is 15.6. The van der Waals surface area contributed by atoms with Crippen LogP contribution in [0.25, 0.3) is 0 Å². The maximum absolute atomic E-state index is 12.5. The quantitative estimate of drug-likeness (QED) is 0.813. The van der Waals surface area contributed by atoms with E-state index in [-0.39, 0.29) is 17.7 Å². The minimum Gasteiger partial charge on any atom is -0.345 e. The molecule has 25 heavy (non-hydrogen) atoms. The molecule has 0 saturated heterocycles. The fourth-order valence-corrected chi connectivity index (χ4v) is 3.97. The molecule has 1 N–H and O–H groups in total. The summed E-state index contributed by atoms with van der Waals surface area (Å²) in [5.74, 6) is 0.0992. The first-order chi connectivity index (χ1) is 11.9. The van der Waals surface area contributed by atoms with Crippen LogP contribution in [0, 0.1) is 0 Å². The number of amidine groups is 1. The molecule has 8 heteroatoms. The molecular formula is C17H19N3O3S2. The molecule has 3 rings (SSSR count). The number of rotatable bonds is 4. The van der Waals surface area contributed by atoms with Crippen LogP contribution in [0.2, 0.25) is 0 Å². The third-order valence-corrected chi connectivity index (χ3v) is 5.96. The summed E-state index contributed by atoms with van der Waals surface area (Å²) in [7, 11) is -3.39. The van der Waals surface area contributed by atoms with E-state index in [9.17, 15) is 13.2 Å². The second-order valence-electron chi connectivity index (χ2n) is 5.82. The highest BCUT2D eigenvalue weighted by atomic mass is 32.2. The standard InChI is InChI=1S/C17H19N3O3S2/c1-12(13-3-6-15(24-2)7-4-13)18-17(21)14-5-8-16-19-25(22,23)10-9-20(16)11-14/h3-8,11-12H,9-10H2,1-2H3,(H,18,21). The molecule has 2 aliphatic heterocycles. The smallest absolute Gasteiger partial charge is 0.256 e. The maximum atomic E-state index is 12.5. The summed E-state index contributed by atoms with van der Waals surface area (Å²) in [5.41, 5.74) is 1.50. The number of carbonyl (C=O) groups is 1. The van der Waals surface area contributed by atoms with Gasteiger partial charge in [-0.2, -0.15) is 0 Å². The molecule has 2 heterocycles. The molecule has 6 nitrogen and oxygen atoms in total. The van der Waals surface area contributed by atoms with Gasteiger partial charge in [0.05, 0.1) is 17.4 Å². The number of nitrogens with zero attached hydrogens (tertiary/aromatic N) is 2. The minimum atomic E-state index is -3.39. The van der Waals surface area contributed by atoms with Gasteiger partial charge >= 0.3 is 0 Å². The van der Waals surface area contributed by atoms with Gasteiger partial charge in [-0.05, 0) is 43.0 Å². The normalized spacial score (nSPS) is 19.5. The van der Waals surface area contributed by atoms with E-state index in [2.05, 4.69) is 9.71 Å². The molecule has 1 atom stereocenters. The molecule has 1 aromatic rings. The third kappa shape index (κ3) is 4.13. The molecule has 132 valence electrons. The van der Waals surface area contributed by atoms with E-state index in [0.717, 1.165) is 5.56 Å². The Morgan fingerprint density at radius 1 is 1.28 bits per heavy atom. The van der Waals surface area contributed by atoms with Crippen molar-refractivity contribution in [2.24, 2.45) is 4.40 Å². The Bertz CT molecular complexity index is 871. The monoisotopic (exact) mass is 377 g/mol. The maximum Gasteiger partial charge on any atom is 0.256 e. The molecule has 0 radical (unpaired) electrons. The number of benzene rings is 1. The van der Waals surface area contributed by atoms with Gasteiger partial charge in [-0.15, -0.1) is 16.2 Å². The Labute approximate surface area is 151 Å². The lowest BCUT2D eigenvalue weighted by Crippen LogP contribution is -2.38. The third-order valence-electron chi connectivity index (χ3n) is 4.05. The summed E-state index contributed by atoms with van der Waals surface area (Å²) in [6.07, 6.45) is 6.82. The number of thioether (sulfide) groups is 1. The van der Waals surface area contributed by atoms with Crippen LogP contribution in [0.3, 0.4) is 0 Å². The van der Waals surface area contributed by atoms with Gasteiger partial charge in [0, 0.05) is 17.6 Å². The van der Waals surface area contributed by atoms with Gasteiger partial charge in [-0.25, -0.2) is 8.42 Å². The number of hydrogen-bond donors (Lipinski definition) is 1. The van der Waals surface area contributed by atoms with Gasteiger partial charge in [0.1, 0.15) is 5.84 Å². The van der Waals surface area contributed by atoms with E-state index in [1.807, 2.05) is 37.4 Å². The average molecular weight is 377 g/mol. The summed E-state index contributed by atoms with van der Waals surface area (Å²) >= 11 is 1.67. The van der Waals surface area contributed by atoms with Crippen LogP contribution < -0.4 is 5.32 Å². The van der Waals surface area contributed by atoms with Crippen molar-refractivity contribution < 1.29 is 13.2 Å². The zero-order chi connectivity index (χ0) is 18.0.